The van der Waals surface area contributed by atoms with Gasteiger partial charge in [0.1, 0.15) is 0 Å². The first-order chi connectivity index (χ1) is 12.1. The lowest BCUT2D eigenvalue weighted by Gasteiger charge is -2.08. The van der Waals surface area contributed by atoms with E-state index in [0.29, 0.717) is 5.56 Å². The number of furan rings is 1. The van der Waals surface area contributed by atoms with Gasteiger partial charge in [-0.3, -0.25) is 14.9 Å². The molecule has 1 amide bonds. The molecule has 138 valence electrons. The molecule has 2 aromatic rings. The number of carbonyl (C=O) groups is 2. The molecule has 0 saturated heterocycles. The second kappa shape index (κ2) is 7.33. The summed E-state index contributed by atoms with van der Waals surface area (Å²) in [6.07, 6.45) is 0. The van der Waals surface area contributed by atoms with E-state index in [-0.39, 0.29) is 11.4 Å². The van der Waals surface area contributed by atoms with Crippen molar-refractivity contribution >= 4 is 33.3 Å². The zero-order valence-electron chi connectivity index (χ0n) is 13.3. The Morgan fingerprint density at radius 3 is 2.58 bits per heavy atom. The highest BCUT2D eigenvalue weighted by Crippen LogP contribution is 2.21. The van der Waals surface area contributed by atoms with E-state index in [0.717, 1.165) is 12.1 Å². The van der Waals surface area contributed by atoms with Gasteiger partial charge in [-0.1, -0.05) is 6.07 Å². The van der Waals surface area contributed by atoms with Crippen LogP contribution in [-0.2, 0) is 19.6 Å². The van der Waals surface area contributed by atoms with Crippen LogP contribution in [0.4, 0.5) is 11.4 Å². The summed E-state index contributed by atoms with van der Waals surface area (Å²) in [5, 5.41) is 17.3. The molecular formula is C14H13N3O8S. The van der Waals surface area contributed by atoms with Crippen molar-refractivity contribution in [1.82, 2.24) is 0 Å². The zero-order chi connectivity index (χ0) is 19.5. The predicted molar refractivity (Wildman–Crippen MR) is 86.8 cm³/mol. The Balaban J connectivity index is 1.99. The number of amides is 1. The Morgan fingerprint density at radius 1 is 1.31 bits per heavy atom. The summed E-state index contributed by atoms with van der Waals surface area (Å²) in [7, 11) is -4.11. The van der Waals surface area contributed by atoms with Crippen molar-refractivity contribution in [3.8, 4) is 0 Å². The van der Waals surface area contributed by atoms with E-state index in [1.807, 2.05) is 0 Å². The average molecular weight is 383 g/mol. The molecule has 0 saturated carbocycles. The summed E-state index contributed by atoms with van der Waals surface area (Å²) in [6.45, 7) is 0.912. The van der Waals surface area contributed by atoms with Crippen LogP contribution in [0.5, 0.6) is 0 Å². The minimum absolute atomic E-state index is 0.190. The molecule has 1 aromatic carbocycles. The number of primary sulfonamides is 1. The molecule has 0 fully saturated rings. The van der Waals surface area contributed by atoms with Crippen molar-refractivity contribution in [3.63, 3.8) is 0 Å². The number of rotatable bonds is 6. The lowest BCUT2D eigenvalue weighted by atomic mass is 10.2. The topological polar surface area (TPSA) is 172 Å². The summed E-state index contributed by atoms with van der Waals surface area (Å²) in [5.74, 6) is -2.28. The maximum Gasteiger partial charge on any atom is 0.374 e. The summed E-state index contributed by atoms with van der Waals surface area (Å²) in [6, 6.07) is 5.91. The quantitative estimate of drug-likeness (QED) is 0.421. The van der Waals surface area contributed by atoms with E-state index in [4.69, 9.17) is 14.3 Å². The van der Waals surface area contributed by atoms with Gasteiger partial charge in [0.2, 0.25) is 10.9 Å². The minimum Gasteiger partial charge on any atom is -0.450 e. The molecule has 3 N–H and O–H groups in total. The highest BCUT2D eigenvalue weighted by Gasteiger charge is 2.19. The lowest BCUT2D eigenvalue weighted by Crippen LogP contribution is -2.21. The van der Waals surface area contributed by atoms with Gasteiger partial charge in [-0.25, -0.2) is 18.4 Å². The summed E-state index contributed by atoms with van der Waals surface area (Å²) >= 11 is 0. The van der Waals surface area contributed by atoms with E-state index >= 15 is 0 Å². The van der Waals surface area contributed by atoms with Crippen molar-refractivity contribution in [2.75, 3.05) is 11.9 Å². The van der Waals surface area contributed by atoms with Gasteiger partial charge >= 0.3 is 5.97 Å². The van der Waals surface area contributed by atoms with Gasteiger partial charge in [0, 0.05) is 12.1 Å². The fourth-order valence-electron chi connectivity index (χ4n) is 1.83. The molecule has 11 nitrogen and oxygen atoms in total. The fourth-order valence-corrected chi connectivity index (χ4v) is 2.29. The number of nitrogens with zero attached hydrogens (tertiary/aromatic N) is 1. The molecular weight excluding hydrogens is 370 g/mol. The van der Waals surface area contributed by atoms with Gasteiger partial charge in [-0.15, -0.1) is 0 Å². The average Bonchev–Trinajstić information content (AvgIpc) is 3.05. The number of hydrogen-bond acceptors (Lipinski definition) is 8. The third-order valence-electron chi connectivity index (χ3n) is 3.10. The molecule has 0 aliphatic carbocycles. The first kappa shape index (κ1) is 19.1. The number of hydrogen-bond donors (Lipinski definition) is 2. The number of esters is 1. The normalized spacial score (nSPS) is 11.0. The van der Waals surface area contributed by atoms with Crippen molar-refractivity contribution < 1.29 is 32.1 Å². The Labute approximate surface area is 146 Å². The summed E-state index contributed by atoms with van der Waals surface area (Å²) in [4.78, 5) is 33.7. The largest absolute Gasteiger partial charge is 0.450 e. The Kier molecular flexibility index (Phi) is 5.38. The number of ether oxygens (including phenoxy) is 1. The van der Waals surface area contributed by atoms with Gasteiger partial charge in [-0.2, -0.15) is 0 Å². The summed E-state index contributed by atoms with van der Waals surface area (Å²) < 4.78 is 31.5. The number of anilines is 1. The highest BCUT2D eigenvalue weighted by atomic mass is 32.2. The minimum atomic E-state index is -4.11. The number of nitro benzene ring substituents is 1. The number of nitro groups is 1. The van der Waals surface area contributed by atoms with Gasteiger partial charge < -0.3 is 14.5 Å². The van der Waals surface area contributed by atoms with Crippen LogP contribution in [-0.4, -0.2) is 31.8 Å². The third-order valence-corrected chi connectivity index (χ3v) is 3.88. The van der Waals surface area contributed by atoms with Crippen LogP contribution in [0.3, 0.4) is 0 Å². The summed E-state index contributed by atoms with van der Waals surface area (Å²) in [5.41, 5.74) is 0.544. The van der Waals surface area contributed by atoms with E-state index in [1.54, 1.807) is 6.92 Å². The van der Waals surface area contributed by atoms with Gasteiger partial charge in [0.05, 0.1) is 10.6 Å². The van der Waals surface area contributed by atoms with Crippen LogP contribution in [0.2, 0.25) is 0 Å². The van der Waals surface area contributed by atoms with E-state index in [9.17, 15) is 28.1 Å². The molecule has 0 bridgehead atoms. The number of aryl methyl sites for hydroxylation is 1. The lowest BCUT2D eigenvalue weighted by molar-refractivity contribution is -0.384. The SMILES string of the molecule is Cc1ccc([N+](=O)[O-])cc1NC(=O)COC(=O)c1ccc(S(N)(=O)=O)o1. The fraction of sp³-hybridized carbons (Fsp3) is 0.143. The van der Waals surface area contributed by atoms with E-state index in [1.165, 1.54) is 18.2 Å². The number of carbonyl (C=O) groups excluding carboxylic acids is 2. The Morgan fingerprint density at radius 2 is 2.00 bits per heavy atom. The molecule has 0 radical (unpaired) electrons. The number of benzene rings is 1. The van der Waals surface area contributed by atoms with Gasteiger partial charge in [0.15, 0.2) is 6.61 Å². The Bertz CT molecular complexity index is 980. The molecule has 2 rings (SSSR count). The number of nitrogens with two attached hydrogens (primary N) is 1. The van der Waals surface area contributed by atoms with Crippen LogP contribution in [0.15, 0.2) is 39.8 Å². The first-order valence-corrected chi connectivity index (χ1v) is 8.47. The second-order valence-corrected chi connectivity index (χ2v) is 6.54. The van der Waals surface area contributed by atoms with E-state index in [2.05, 4.69) is 5.32 Å². The Hall–Kier alpha value is -3.25. The van der Waals surface area contributed by atoms with Crippen LogP contribution in [0.25, 0.3) is 0 Å². The molecule has 12 heteroatoms. The van der Waals surface area contributed by atoms with Gasteiger partial charge in [-0.05, 0) is 24.6 Å². The molecule has 0 atom stereocenters. The van der Waals surface area contributed by atoms with Gasteiger partial charge in [0.25, 0.3) is 21.6 Å². The number of sulfonamides is 1. The zero-order valence-corrected chi connectivity index (χ0v) is 14.1. The molecule has 0 spiro atoms. The second-order valence-electron chi connectivity index (χ2n) is 5.04. The highest BCUT2D eigenvalue weighted by molar-refractivity contribution is 7.89. The van der Waals surface area contributed by atoms with E-state index < -0.39 is 44.3 Å². The van der Waals surface area contributed by atoms with Crippen LogP contribution in [0.1, 0.15) is 16.1 Å². The van der Waals surface area contributed by atoms with Crippen molar-refractivity contribution in [2.24, 2.45) is 5.14 Å². The molecule has 0 aliphatic heterocycles. The number of non-ortho nitro benzene ring substituents is 1. The van der Waals surface area contributed by atoms with Crippen LogP contribution >= 0.6 is 0 Å². The number of nitrogens with one attached hydrogen (secondary N) is 1. The first-order valence-electron chi connectivity index (χ1n) is 6.92. The standard InChI is InChI=1S/C14H13N3O8S/c1-8-2-3-9(17(20)21)6-10(8)16-12(18)7-24-14(19)11-4-5-13(25-11)26(15,22)23/h2-6H,7H2,1H3,(H,16,18)(H2,15,22,23). The molecule has 0 aliphatic rings. The smallest absolute Gasteiger partial charge is 0.374 e. The third kappa shape index (κ3) is 4.64. The maximum absolute atomic E-state index is 11.8. The molecule has 26 heavy (non-hydrogen) atoms. The predicted octanol–water partition coefficient (Wildman–Crippen LogP) is 0.939. The molecule has 1 aromatic heterocycles. The molecule has 0 unspecified atom stereocenters. The van der Waals surface area contributed by atoms with Crippen LogP contribution < -0.4 is 10.5 Å². The van der Waals surface area contributed by atoms with Crippen molar-refractivity contribution in [3.05, 3.63) is 51.8 Å². The van der Waals surface area contributed by atoms with Crippen LogP contribution in [0, 0.1) is 17.0 Å². The maximum atomic E-state index is 11.8. The monoisotopic (exact) mass is 383 g/mol. The van der Waals surface area contributed by atoms with Crippen molar-refractivity contribution in [2.45, 2.75) is 12.0 Å². The van der Waals surface area contributed by atoms with Crippen molar-refractivity contribution in [1.29, 1.82) is 0 Å². The molecule has 1 heterocycles.